The average Bonchev–Trinajstić information content (AvgIpc) is 3.25. The number of halogens is 1. The Labute approximate surface area is 198 Å². The molecular formula is C26H27FN6O. The maximum absolute atomic E-state index is 13.6. The highest BCUT2D eigenvalue weighted by Crippen LogP contribution is 2.30. The minimum Gasteiger partial charge on any atom is -0.497 e. The predicted molar refractivity (Wildman–Crippen MR) is 129 cm³/mol. The van der Waals surface area contributed by atoms with E-state index >= 15 is 0 Å². The Balaban J connectivity index is 1.40. The third-order valence-electron chi connectivity index (χ3n) is 6.42. The van der Waals surface area contributed by atoms with Gasteiger partial charge in [0.25, 0.3) is 0 Å². The van der Waals surface area contributed by atoms with Gasteiger partial charge in [-0.25, -0.2) is 14.1 Å². The van der Waals surface area contributed by atoms with Gasteiger partial charge in [0.1, 0.15) is 17.4 Å². The first-order valence-corrected chi connectivity index (χ1v) is 11.3. The molecule has 1 fully saturated rings. The third kappa shape index (κ3) is 4.49. The van der Waals surface area contributed by atoms with Crippen LogP contribution in [0.15, 0.2) is 73.3 Å². The van der Waals surface area contributed by atoms with Crippen LogP contribution in [0.4, 0.5) is 10.2 Å². The number of rotatable bonds is 6. The minimum absolute atomic E-state index is 0.0834. The molecule has 3 heterocycles. The first-order valence-electron chi connectivity index (χ1n) is 11.3. The van der Waals surface area contributed by atoms with Crippen molar-refractivity contribution in [1.82, 2.24) is 24.6 Å². The molecule has 0 saturated carbocycles. The lowest BCUT2D eigenvalue weighted by atomic mass is 10.0. The summed E-state index contributed by atoms with van der Waals surface area (Å²) in [6.45, 7) is 5.26. The maximum Gasteiger partial charge on any atom is 0.147 e. The van der Waals surface area contributed by atoms with E-state index in [2.05, 4.69) is 31.8 Å². The van der Waals surface area contributed by atoms with Crippen LogP contribution in [-0.4, -0.2) is 51.4 Å². The molecule has 0 aliphatic carbocycles. The van der Waals surface area contributed by atoms with E-state index in [-0.39, 0.29) is 11.9 Å². The lowest BCUT2D eigenvalue weighted by Gasteiger charge is -2.42. The predicted octanol–water partition coefficient (Wildman–Crippen LogP) is 4.18. The third-order valence-corrected chi connectivity index (χ3v) is 6.42. The van der Waals surface area contributed by atoms with Crippen LogP contribution >= 0.6 is 0 Å². The van der Waals surface area contributed by atoms with Crippen molar-refractivity contribution in [3.05, 3.63) is 96.0 Å². The SMILES string of the molecule is COc1ccc(-n2ncc(CN3CCN(c4cnccn4)CC3c3ccc(F)cc3)c2C)cc1. The number of hydrogen-bond acceptors (Lipinski definition) is 6. The Morgan fingerprint density at radius 3 is 2.50 bits per heavy atom. The molecule has 34 heavy (non-hydrogen) atoms. The van der Waals surface area contributed by atoms with Crippen LogP contribution in [0.1, 0.15) is 22.9 Å². The standard InChI is InChI=1S/C26H27FN6O/c1-19-21(15-30-33(19)23-7-9-24(34-2)10-8-23)17-31-13-14-32(26-16-28-11-12-29-26)18-25(31)20-3-5-22(27)6-4-20/h3-12,15-16,25H,13-14,17-18H2,1-2H3. The van der Waals surface area contributed by atoms with Crippen molar-refractivity contribution in [1.29, 1.82) is 0 Å². The van der Waals surface area contributed by atoms with Crippen LogP contribution < -0.4 is 9.64 Å². The topological polar surface area (TPSA) is 59.3 Å². The van der Waals surface area contributed by atoms with E-state index in [1.54, 1.807) is 25.7 Å². The molecular weight excluding hydrogens is 431 g/mol. The molecule has 5 rings (SSSR count). The van der Waals surface area contributed by atoms with E-state index in [0.717, 1.165) is 60.3 Å². The molecule has 0 N–H and O–H groups in total. The fourth-order valence-corrected chi connectivity index (χ4v) is 4.47. The van der Waals surface area contributed by atoms with Crippen LogP contribution in [0.3, 0.4) is 0 Å². The van der Waals surface area contributed by atoms with Crippen molar-refractivity contribution in [2.45, 2.75) is 19.5 Å². The van der Waals surface area contributed by atoms with Crippen molar-refractivity contribution in [2.75, 3.05) is 31.6 Å². The van der Waals surface area contributed by atoms with E-state index < -0.39 is 0 Å². The number of nitrogens with zero attached hydrogens (tertiary/aromatic N) is 6. The molecule has 7 nitrogen and oxygen atoms in total. The number of hydrogen-bond donors (Lipinski definition) is 0. The highest BCUT2D eigenvalue weighted by atomic mass is 19.1. The number of anilines is 1. The summed E-state index contributed by atoms with van der Waals surface area (Å²) in [5.74, 6) is 1.45. The molecule has 4 aromatic rings. The smallest absolute Gasteiger partial charge is 0.147 e. The van der Waals surface area contributed by atoms with Gasteiger partial charge in [-0.3, -0.25) is 9.88 Å². The second-order valence-electron chi connectivity index (χ2n) is 8.41. The Morgan fingerprint density at radius 1 is 1.00 bits per heavy atom. The van der Waals surface area contributed by atoms with Crippen molar-refractivity contribution in [3.63, 3.8) is 0 Å². The Bertz CT molecular complexity index is 1230. The van der Waals surface area contributed by atoms with Crippen LogP contribution in [0.2, 0.25) is 0 Å². The van der Waals surface area contributed by atoms with E-state index in [9.17, 15) is 4.39 Å². The fraction of sp³-hybridized carbons (Fsp3) is 0.269. The largest absolute Gasteiger partial charge is 0.497 e. The number of aromatic nitrogens is 4. The molecule has 0 amide bonds. The molecule has 1 aliphatic rings. The van der Waals surface area contributed by atoms with Crippen molar-refractivity contribution < 1.29 is 9.13 Å². The highest BCUT2D eigenvalue weighted by molar-refractivity contribution is 5.40. The van der Waals surface area contributed by atoms with Gasteiger partial charge in [0.05, 0.1) is 31.2 Å². The zero-order valence-electron chi connectivity index (χ0n) is 19.3. The zero-order chi connectivity index (χ0) is 23.5. The monoisotopic (exact) mass is 458 g/mol. The second kappa shape index (κ2) is 9.61. The zero-order valence-corrected chi connectivity index (χ0v) is 19.3. The van der Waals surface area contributed by atoms with Crippen LogP contribution in [-0.2, 0) is 6.54 Å². The first-order chi connectivity index (χ1) is 16.6. The number of methoxy groups -OCH3 is 1. The van der Waals surface area contributed by atoms with Gasteiger partial charge in [-0.15, -0.1) is 0 Å². The van der Waals surface area contributed by atoms with Gasteiger partial charge in [0.15, 0.2) is 0 Å². The van der Waals surface area contributed by atoms with Crippen molar-refractivity contribution >= 4 is 5.82 Å². The fourth-order valence-electron chi connectivity index (χ4n) is 4.47. The van der Waals surface area contributed by atoms with Gasteiger partial charge in [0, 0.05) is 49.8 Å². The Hall–Kier alpha value is -3.78. The molecule has 0 bridgehead atoms. The van der Waals surface area contributed by atoms with Gasteiger partial charge < -0.3 is 9.64 Å². The van der Waals surface area contributed by atoms with E-state index in [0.29, 0.717) is 0 Å². The molecule has 8 heteroatoms. The van der Waals surface area contributed by atoms with Crippen LogP contribution in [0.5, 0.6) is 5.75 Å². The molecule has 1 aliphatic heterocycles. The van der Waals surface area contributed by atoms with Crippen molar-refractivity contribution in [2.24, 2.45) is 0 Å². The number of benzene rings is 2. The second-order valence-corrected chi connectivity index (χ2v) is 8.41. The van der Waals surface area contributed by atoms with Crippen LogP contribution in [0.25, 0.3) is 5.69 Å². The summed E-state index contributed by atoms with van der Waals surface area (Å²) in [7, 11) is 1.66. The summed E-state index contributed by atoms with van der Waals surface area (Å²) in [5, 5.41) is 4.65. The molecule has 0 spiro atoms. The summed E-state index contributed by atoms with van der Waals surface area (Å²) in [6.07, 6.45) is 7.13. The summed E-state index contributed by atoms with van der Waals surface area (Å²) in [6, 6.07) is 14.8. The van der Waals surface area contributed by atoms with Gasteiger partial charge in [-0.05, 0) is 48.9 Å². The number of piperazine rings is 1. The summed E-state index contributed by atoms with van der Waals surface area (Å²) < 4.78 is 20.9. The first kappa shape index (κ1) is 22.0. The Kier molecular flexibility index (Phi) is 6.22. The Morgan fingerprint density at radius 2 is 1.79 bits per heavy atom. The average molecular weight is 459 g/mol. The maximum atomic E-state index is 13.6. The van der Waals surface area contributed by atoms with E-state index in [4.69, 9.17) is 4.74 Å². The number of ether oxygens (including phenoxy) is 1. The van der Waals surface area contributed by atoms with Gasteiger partial charge in [0.2, 0.25) is 0 Å². The van der Waals surface area contributed by atoms with Gasteiger partial charge in [-0.1, -0.05) is 12.1 Å². The molecule has 174 valence electrons. The summed E-state index contributed by atoms with van der Waals surface area (Å²) in [5.41, 5.74) is 4.33. The lowest BCUT2D eigenvalue weighted by molar-refractivity contribution is 0.168. The molecule has 2 aromatic heterocycles. The lowest BCUT2D eigenvalue weighted by Crippen LogP contribution is -2.48. The normalized spacial score (nSPS) is 16.6. The summed E-state index contributed by atoms with van der Waals surface area (Å²) >= 11 is 0. The molecule has 1 saturated heterocycles. The van der Waals surface area contributed by atoms with E-state index in [1.807, 2.05) is 47.3 Å². The quantitative estimate of drug-likeness (QED) is 0.432. The highest BCUT2D eigenvalue weighted by Gasteiger charge is 2.30. The molecule has 1 unspecified atom stereocenters. The molecule has 2 aromatic carbocycles. The van der Waals surface area contributed by atoms with Gasteiger partial charge >= 0.3 is 0 Å². The molecule has 0 radical (unpaired) electrons. The molecule has 1 atom stereocenters. The van der Waals surface area contributed by atoms with Crippen molar-refractivity contribution in [3.8, 4) is 11.4 Å². The summed E-state index contributed by atoms with van der Waals surface area (Å²) in [4.78, 5) is 13.4. The van der Waals surface area contributed by atoms with Gasteiger partial charge in [-0.2, -0.15) is 5.10 Å². The minimum atomic E-state index is -0.228. The van der Waals surface area contributed by atoms with E-state index in [1.165, 1.54) is 12.1 Å². The van der Waals surface area contributed by atoms with Crippen LogP contribution in [0, 0.1) is 12.7 Å².